The van der Waals surface area contributed by atoms with Gasteiger partial charge in [-0.15, -0.1) is 0 Å². The molecule has 102 valence electrons. The molecule has 1 aromatic carbocycles. The van der Waals surface area contributed by atoms with Gasteiger partial charge in [-0.3, -0.25) is 0 Å². The van der Waals surface area contributed by atoms with E-state index in [1.807, 2.05) is 0 Å². The van der Waals surface area contributed by atoms with Gasteiger partial charge in [0, 0.05) is 7.05 Å². The summed E-state index contributed by atoms with van der Waals surface area (Å²) in [5.74, 6) is 0.800. The first-order valence-electron chi connectivity index (χ1n) is 5.69. The molecule has 0 amide bonds. The number of rotatable bonds is 3. The predicted octanol–water partition coefficient (Wildman–Crippen LogP) is 3.09. The lowest BCUT2D eigenvalue weighted by atomic mass is 10.3. The third-order valence-electron chi connectivity index (χ3n) is 2.58. The molecule has 2 heterocycles. The molecule has 2 aromatic heterocycles. The normalized spacial score (nSPS) is 10.8. The van der Waals surface area contributed by atoms with Gasteiger partial charge in [0.05, 0.1) is 10.8 Å². The van der Waals surface area contributed by atoms with Gasteiger partial charge in [-0.1, -0.05) is 0 Å². The van der Waals surface area contributed by atoms with Gasteiger partial charge < -0.3 is 15.0 Å². The maximum Gasteiger partial charge on any atom is 0.250 e. The first-order valence-corrected chi connectivity index (χ1v) is 6.48. The van der Waals surface area contributed by atoms with Crippen LogP contribution in [0.4, 0.5) is 10.3 Å². The van der Waals surface area contributed by atoms with Crippen LogP contribution in [-0.4, -0.2) is 27.0 Å². The van der Waals surface area contributed by atoms with Gasteiger partial charge in [-0.25, -0.2) is 9.37 Å². The maximum atomic E-state index is 13.2. The van der Waals surface area contributed by atoms with Crippen LogP contribution in [0, 0.1) is 5.82 Å². The fourth-order valence-electron chi connectivity index (χ4n) is 1.64. The van der Waals surface area contributed by atoms with Crippen LogP contribution in [0.1, 0.15) is 0 Å². The number of imidazole rings is 1. The van der Waals surface area contributed by atoms with E-state index in [0.717, 1.165) is 0 Å². The third kappa shape index (κ3) is 2.29. The number of hydrogen-bond donors (Lipinski definition) is 2. The summed E-state index contributed by atoms with van der Waals surface area (Å²) in [7, 11) is 1.70. The van der Waals surface area contributed by atoms with Gasteiger partial charge in [0.1, 0.15) is 17.1 Å². The summed E-state index contributed by atoms with van der Waals surface area (Å²) in [6.07, 6.45) is 1.51. The molecule has 0 bridgehead atoms. The van der Waals surface area contributed by atoms with Crippen molar-refractivity contribution in [2.45, 2.75) is 0 Å². The lowest BCUT2D eigenvalue weighted by molar-refractivity contribution is 0.465. The lowest BCUT2D eigenvalue weighted by Crippen LogP contribution is -1.99. The Morgan fingerprint density at radius 2 is 2.20 bits per heavy atom. The van der Waals surface area contributed by atoms with Crippen LogP contribution in [-0.2, 0) is 0 Å². The molecule has 0 fully saturated rings. The predicted molar refractivity (Wildman–Crippen MR) is 75.4 cm³/mol. The van der Waals surface area contributed by atoms with Crippen LogP contribution in [0.15, 0.2) is 29.0 Å². The number of nitrogens with zero attached hydrogens (tertiary/aromatic N) is 3. The zero-order valence-corrected chi connectivity index (χ0v) is 11.9. The highest BCUT2D eigenvalue weighted by molar-refractivity contribution is 9.10. The van der Waals surface area contributed by atoms with Crippen LogP contribution in [0.25, 0.3) is 11.2 Å². The minimum Gasteiger partial charge on any atom is -0.437 e. The van der Waals surface area contributed by atoms with E-state index >= 15 is 0 Å². The van der Waals surface area contributed by atoms with Crippen LogP contribution in [0.3, 0.4) is 0 Å². The zero-order valence-electron chi connectivity index (χ0n) is 10.3. The van der Waals surface area contributed by atoms with Gasteiger partial charge >= 0.3 is 0 Å². The van der Waals surface area contributed by atoms with Crippen molar-refractivity contribution in [2.75, 3.05) is 12.4 Å². The Morgan fingerprint density at radius 3 is 2.95 bits per heavy atom. The maximum absolute atomic E-state index is 13.2. The standard InChI is InChI=1S/C12H9BrFN5O/c1-15-12-18-10-9(16-5-17-10)11(19-12)20-6-2-3-8(14)7(13)4-6/h2-5H,1H3,(H2,15,16,17,18,19). The SMILES string of the molecule is CNc1nc(Oc2ccc(F)c(Br)c2)c2[nH]cnc2n1. The smallest absolute Gasteiger partial charge is 0.250 e. The Morgan fingerprint density at radius 1 is 1.35 bits per heavy atom. The van der Waals surface area contributed by atoms with Crippen molar-refractivity contribution in [3.8, 4) is 11.6 Å². The minimum absolute atomic E-state index is 0.315. The Balaban J connectivity index is 2.04. The molecule has 2 N–H and O–H groups in total. The van der Waals surface area contributed by atoms with Gasteiger partial charge in [0.25, 0.3) is 5.88 Å². The number of aromatic nitrogens is 4. The number of fused-ring (bicyclic) bond motifs is 1. The largest absolute Gasteiger partial charge is 0.437 e. The molecule has 0 spiro atoms. The summed E-state index contributed by atoms with van der Waals surface area (Å²) in [5.41, 5.74) is 1.06. The summed E-state index contributed by atoms with van der Waals surface area (Å²) in [6, 6.07) is 4.35. The molecule has 0 atom stereocenters. The molecule has 0 aliphatic carbocycles. The third-order valence-corrected chi connectivity index (χ3v) is 3.19. The molecular weight excluding hydrogens is 329 g/mol. The average molecular weight is 338 g/mol. The monoisotopic (exact) mass is 337 g/mol. The second-order valence-electron chi connectivity index (χ2n) is 3.88. The van der Waals surface area contributed by atoms with Crippen molar-refractivity contribution >= 4 is 33.0 Å². The van der Waals surface area contributed by atoms with Gasteiger partial charge in [-0.05, 0) is 34.1 Å². The van der Waals surface area contributed by atoms with Crippen LogP contribution in [0.5, 0.6) is 11.6 Å². The quantitative estimate of drug-likeness (QED) is 0.768. The number of halogens is 2. The molecule has 0 unspecified atom stereocenters. The molecule has 0 saturated heterocycles. The van der Waals surface area contributed by atoms with E-state index in [-0.39, 0.29) is 5.82 Å². The first kappa shape index (κ1) is 12.8. The molecule has 3 rings (SSSR count). The van der Waals surface area contributed by atoms with E-state index in [0.29, 0.717) is 33.2 Å². The fourth-order valence-corrected chi connectivity index (χ4v) is 2.00. The molecule has 0 aliphatic heterocycles. The summed E-state index contributed by atoms with van der Waals surface area (Å²) >= 11 is 3.11. The van der Waals surface area contributed by atoms with E-state index in [1.54, 1.807) is 7.05 Å². The van der Waals surface area contributed by atoms with Crippen molar-refractivity contribution in [3.63, 3.8) is 0 Å². The second kappa shape index (κ2) is 5.04. The molecule has 0 radical (unpaired) electrons. The zero-order chi connectivity index (χ0) is 14.1. The Kier molecular flexibility index (Phi) is 3.23. The second-order valence-corrected chi connectivity index (χ2v) is 4.74. The Bertz CT molecular complexity index is 776. The Labute approximate surface area is 121 Å². The van der Waals surface area contributed by atoms with Crippen molar-refractivity contribution < 1.29 is 9.13 Å². The van der Waals surface area contributed by atoms with E-state index in [1.165, 1.54) is 24.5 Å². The minimum atomic E-state index is -0.359. The summed E-state index contributed by atoms with van der Waals surface area (Å²) in [5, 5.41) is 2.83. The fraction of sp³-hybridized carbons (Fsp3) is 0.0833. The molecule has 0 aliphatic rings. The van der Waals surface area contributed by atoms with E-state index < -0.39 is 0 Å². The number of hydrogen-bond acceptors (Lipinski definition) is 5. The van der Waals surface area contributed by atoms with Gasteiger partial charge in [0.2, 0.25) is 5.95 Å². The number of benzene rings is 1. The topological polar surface area (TPSA) is 75.7 Å². The van der Waals surface area contributed by atoms with Crippen molar-refractivity contribution in [1.82, 2.24) is 19.9 Å². The molecule has 8 heteroatoms. The summed E-state index contributed by atoms with van der Waals surface area (Å²) < 4.78 is 19.2. The first-order chi connectivity index (χ1) is 9.67. The highest BCUT2D eigenvalue weighted by Crippen LogP contribution is 2.29. The molecule has 6 nitrogen and oxygen atoms in total. The van der Waals surface area contributed by atoms with E-state index in [2.05, 4.69) is 41.2 Å². The summed E-state index contributed by atoms with van der Waals surface area (Å²) in [4.78, 5) is 15.4. The number of H-pyrrole nitrogens is 1. The molecular formula is C12H9BrFN5O. The van der Waals surface area contributed by atoms with Crippen LogP contribution >= 0.6 is 15.9 Å². The van der Waals surface area contributed by atoms with Crippen molar-refractivity contribution in [3.05, 3.63) is 34.8 Å². The average Bonchev–Trinajstić information content (AvgIpc) is 2.91. The summed E-state index contributed by atoms with van der Waals surface area (Å²) in [6.45, 7) is 0. The highest BCUT2D eigenvalue weighted by atomic mass is 79.9. The van der Waals surface area contributed by atoms with E-state index in [4.69, 9.17) is 4.74 Å². The van der Waals surface area contributed by atoms with Gasteiger partial charge in [0.15, 0.2) is 5.65 Å². The van der Waals surface area contributed by atoms with Crippen LogP contribution in [0.2, 0.25) is 0 Å². The Hall–Kier alpha value is -2.22. The number of nitrogens with one attached hydrogen (secondary N) is 2. The number of aromatic amines is 1. The van der Waals surface area contributed by atoms with Crippen molar-refractivity contribution in [1.29, 1.82) is 0 Å². The molecule has 0 saturated carbocycles. The van der Waals surface area contributed by atoms with Gasteiger partial charge in [-0.2, -0.15) is 9.97 Å². The number of anilines is 1. The molecule has 20 heavy (non-hydrogen) atoms. The lowest BCUT2D eigenvalue weighted by Gasteiger charge is -2.07. The molecule has 3 aromatic rings. The van der Waals surface area contributed by atoms with E-state index in [9.17, 15) is 4.39 Å². The van der Waals surface area contributed by atoms with Crippen molar-refractivity contribution in [2.24, 2.45) is 0 Å². The highest BCUT2D eigenvalue weighted by Gasteiger charge is 2.12. The van der Waals surface area contributed by atoms with Crippen LogP contribution < -0.4 is 10.1 Å². The number of ether oxygens (including phenoxy) is 1.